The molecule has 2 rings (SSSR count). The van der Waals surface area contributed by atoms with Crippen molar-refractivity contribution in [3.05, 3.63) is 21.9 Å². The average molecular weight is 238 g/mol. The van der Waals surface area contributed by atoms with Crippen LogP contribution in [0.25, 0.3) is 0 Å². The maximum absolute atomic E-state index is 6.06. The molecule has 16 heavy (non-hydrogen) atoms. The third-order valence-electron chi connectivity index (χ3n) is 3.21. The Morgan fingerprint density at radius 3 is 2.75 bits per heavy atom. The number of thiophene rings is 1. The monoisotopic (exact) mass is 238 g/mol. The third-order valence-corrected chi connectivity index (χ3v) is 4.43. The number of likely N-dealkylation sites (tertiary alicyclic amines) is 1. The van der Waals surface area contributed by atoms with Crippen molar-refractivity contribution in [1.29, 1.82) is 0 Å². The van der Waals surface area contributed by atoms with Crippen LogP contribution in [0.3, 0.4) is 0 Å². The molecule has 2 unspecified atom stereocenters. The molecule has 2 heterocycles. The number of hydrogen-bond acceptors (Lipinski definition) is 3. The number of piperidine rings is 1. The lowest BCUT2D eigenvalue weighted by Gasteiger charge is -2.34. The summed E-state index contributed by atoms with van der Waals surface area (Å²) in [6, 6.07) is 4.90. The predicted molar refractivity (Wildman–Crippen MR) is 70.7 cm³/mol. The Labute approximate surface area is 102 Å². The first-order valence-corrected chi connectivity index (χ1v) is 7.04. The van der Waals surface area contributed by atoms with Gasteiger partial charge in [0, 0.05) is 35.4 Å². The zero-order valence-corrected chi connectivity index (χ0v) is 11.1. The van der Waals surface area contributed by atoms with E-state index < -0.39 is 0 Å². The zero-order chi connectivity index (χ0) is 11.5. The minimum atomic E-state index is 0.370. The molecular formula is C13H22N2S. The summed E-state index contributed by atoms with van der Waals surface area (Å²) in [5.41, 5.74) is 6.06. The van der Waals surface area contributed by atoms with Gasteiger partial charge in [-0.05, 0) is 30.9 Å². The van der Waals surface area contributed by atoms with Gasteiger partial charge >= 0.3 is 0 Å². The molecule has 2 atom stereocenters. The fraction of sp³-hybridized carbons (Fsp3) is 0.692. The van der Waals surface area contributed by atoms with Gasteiger partial charge in [-0.1, -0.05) is 13.8 Å². The molecule has 0 aliphatic carbocycles. The first kappa shape index (κ1) is 12.1. The van der Waals surface area contributed by atoms with E-state index in [0.717, 1.165) is 25.4 Å². The third kappa shape index (κ3) is 3.06. The van der Waals surface area contributed by atoms with Gasteiger partial charge in [-0.2, -0.15) is 0 Å². The Morgan fingerprint density at radius 2 is 2.12 bits per heavy atom. The summed E-state index contributed by atoms with van der Waals surface area (Å²) >= 11 is 1.95. The van der Waals surface area contributed by atoms with E-state index in [2.05, 4.69) is 30.9 Å². The number of aryl methyl sites for hydroxylation is 1. The number of nitrogens with two attached hydrogens (primary N) is 1. The molecule has 1 aromatic rings. The van der Waals surface area contributed by atoms with Gasteiger partial charge in [0.2, 0.25) is 0 Å². The van der Waals surface area contributed by atoms with Crippen LogP contribution in [0.15, 0.2) is 12.1 Å². The molecule has 1 aliphatic heterocycles. The molecule has 1 saturated heterocycles. The molecule has 2 nitrogen and oxygen atoms in total. The van der Waals surface area contributed by atoms with Crippen molar-refractivity contribution < 1.29 is 0 Å². The van der Waals surface area contributed by atoms with E-state index in [9.17, 15) is 0 Å². The van der Waals surface area contributed by atoms with Crippen LogP contribution in [0.2, 0.25) is 0 Å². The van der Waals surface area contributed by atoms with Gasteiger partial charge in [0.25, 0.3) is 0 Å². The van der Waals surface area contributed by atoms with Crippen molar-refractivity contribution in [3.63, 3.8) is 0 Å². The van der Waals surface area contributed by atoms with Crippen molar-refractivity contribution in [2.75, 3.05) is 13.1 Å². The molecule has 3 heteroatoms. The molecule has 1 aromatic heterocycles. The summed E-state index contributed by atoms with van der Waals surface area (Å²) in [5.74, 6) is 0.745. The largest absolute Gasteiger partial charge is 0.327 e. The van der Waals surface area contributed by atoms with Crippen LogP contribution in [0.5, 0.6) is 0 Å². The molecule has 0 spiro atoms. The molecule has 2 N–H and O–H groups in total. The van der Waals surface area contributed by atoms with E-state index >= 15 is 0 Å². The molecule has 0 aromatic carbocycles. The first-order chi connectivity index (χ1) is 7.67. The van der Waals surface area contributed by atoms with Gasteiger partial charge in [-0.15, -0.1) is 11.3 Å². The van der Waals surface area contributed by atoms with Gasteiger partial charge in [0.05, 0.1) is 0 Å². The minimum Gasteiger partial charge on any atom is -0.327 e. The predicted octanol–water partition coefficient (Wildman–Crippen LogP) is 2.48. The van der Waals surface area contributed by atoms with Crippen LogP contribution in [-0.4, -0.2) is 24.0 Å². The minimum absolute atomic E-state index is 0.370. The van der Waals surface area contributed by atoms with E-state index in [0.29, 0.717) is 6.04 Å². The van der Waals surface area contributed by atoms with Crippen molar-refractivity contribution in [2.24, 2.45) is 11.7 Å². The lowest BCUT2D eigenvalue weighted by Crippen LogP contribution is -2.45. The van der Waals surface area contributed by atoms with E-state index in [1.54, 1.807) is 0 Å². The number of hydrogen-bond donors (Lipinski definition) is 1. The molecule has 1 aliphatic rings. The fourth-order valence-corrected chi connectivity index (χ4v) is 3.56. The molecular weight excluding hydrogens is 216 g/mol. The summed E-state index contributed by atoms with van der Waals surface area (Å²) in [6.45, 7) is 7.87. The Kier molecular flexibility index (Phi) is 4.00. The summed E-state index contributed by atoms with van der Waals surface area (Å²) < 4.78 is 0. The van der Waals surface area contributed by atoms with E-state index in [-0.39, 0.29) is 0 Å². The van der Waals surface area contributed by atoms with E-state index in [1.807, 2.05) is 11.3 Å². The SMILES string of the molecule is CCc1ccc(CN2CC(C)CC(N)C2)s1. The standard InChI is InChI=1S/C13H22N2S/c1-3-12-4-5-13(16-12)9-15-7-10(2)6-11(14)8-15/h4-5,10-11H,3,6-9,14H2,1-2H3. The second-order valence-corrected chi connectivity index (χ2v) is 6.27. The van der Waals surface area contributed by atoms with Crippen molar-refractivity contribution >= 4 is 11.3 Å². The highest BCUT2D eigenvalue weighted by atomic mass is 32.1. The Balaban J connectivity index is 1.93. The summed E-state index contributed by atoms with van der Waals surface area (Å²) in [4.78, 5) is 5.48. The lowest BCUT2D eigenvalue weighted by atomic mass is 9.97. The van der Waals surface area contributed by atoms with Crippen LogP contribution < -0.4 is 5.73 Å². The summed E-state index contributed by atoms with van der Waals surface area (Å²) in [7, 11) is 0. The molecule has 0 saturated carbocycles. The van der Waals surface area contributed by atoms with Crippen LogP contribution in [0, 0.1) is 5.92 Å². The molecule has 0 radical (unpaired) electrons. The second-order valence-electron chi connectivity index (χ2n) is 5.02. The van der Waals surface area contributed by atoms with Crippen LogP contribution in [-0.2, 0) is 13.0 Å². The lowest BCUT2D eigenvalue weighted by molar-refractivity contribution is 0.159. The average Bonchev–Trinajstić information content (AvgIpc) is 2.64. The van der Waals surface area contributed by atoms with Gasteiger partial charge in [0.15, 0.2) is 0 Å². The molecule has 0 amide bonds. The first-order valence-electron chi connectivity index (χ1n) is 6.23. The maximum Gasteiger partial charge on any atom is 0.0328 e. The van der Waals surface area contributed by atoms with Crippen LogP contribution >= 0.6 is 11.3 Å². The van der Waals surface area contributed by atoms with E-state index in [1.165, 1.54) is 22.7 Å². The normalized spacial score (nSPS) is 27.2. The Morgan fingerprint density at radius 1 is 1.38 bits per heavy atom. The highest BCUT2D eigenvalue weighted by Gasteiger charge is 2.22. The topological polar surface area (TPSA) is 29.3 Å². The number of nitrogens with zero attached hydrogens (tertiary/aromatic N) is 1. The number of rotatable bonds is 3. The highest BCUT2D eigenvalue weighted by Crippen LogP contribution is 2.22. The van der Waals surface area contributed by atoms with Crippen molar-refractivity contribution in [1.82, 2.24) is 4.90 Å². The van der Waals surface area contributed by atoms with Crippen molar-refractivity contribution in [3.8, 4) is 0 Å². The van der Waals surface area contributed by atoms with Crippen LogP contribution in [0.4, 0.5) is 0 Å². The van der Waals surface area contributed by atoms with Gasteiger partial charge < -0.3 is 5.73 Å². The molecule has 0 bridgehead atoms. The highest BCUT2D eigenvalue weighted by molar-refractivity contribution is 7.11. The van der Waals surface area contributed by atoms with Gasteiger partial charge in [-0.25, -0.2) is 0 Å². The van der Waals surface area contributed by atoms with Gasteiger partial charge in [-0.3, -0.25) is 4.90 Å². The smallest absolute Gasteiger partial charge is 0.0328 e. The van der Waals surface area contributed by atoms with Crippen LogP contribution in [0.1, 0.15) is 30.0 Å². The Bertz CT molecular complexity index is 324. The quantitative estimate of drug-likeness (QED) is 0.876. The van der Waals surface area contributed by atoms with Gasteiger partial charge in [0.1, 0.15) is 0 Å². The zero-order valence-electron chi connectivity index (χ0n) is 10.3. The Hall–Kier alpha value is -0.380. The molecule has 1 fully saturated rings. The van der Waals surface area contributed by atoms with E-state index in [4.69, 9.17) is 5.73 Å². The van der Waals surface area contributed by atoms with Crippen molar-refractivity contribution in [2.45, 2.75) is 39.3 Å². The fourth-order valence-electron chi connectivity index (χ4n) is 2.56. The molecule has 90 valence electrons. The summed E-state index contributed by atoms with van der Waals surface area (Å²) in [6.07, 6.45) is 2.34. The maximum atomic E-state index is 6.06. The second kappa shape index (κ2) is 5.30. The summed E-state index contributed by atoms with van der Waals surface area (Å²) in [5, 5.41) is 0.